The maximum absolute atomic E-state index is 13.2. The van der Waals surface area contributed by atoms with E-state index in [1.54, 1.807) is 0 Å². The number of fused-ring (bicyclic) bond motifs is 1. The van der Waals surface area contributed by atoms with Gasteiger partial charge in [-0.05, 0) is 43.5 Å². The standard InChI is InChI=1S/C14H14FN/c1-9-7-13(10-3-2-4-10)16-14-8-11(15)5-6-12(9)14/h5-8,10H,2-4H2,1H3. The summed E-state index contributed by atoms with van der Waals surface area (Å²) in [5.74, 6) is 0.400. The van der Waals surface area contributed by atoms with Gasteiger partial charge in [-0.3, -0.25) is 4.98 Å². The Bertz CT molecular complexity index is 544. The van der Waals surface area contributed by atoms with E-state index in [1.165, 1.54) is 37.0 Å². The number of hydrogen-bond donors (Lipinski definition) is 0. The molecule has 0 saturated heterocycles. The van der Waals surface area contributed by atoms with Crippen molar-refractivity contribution < 1.29 is 4.39 Å². The van der Waals surface area contributed by atoms with Gasteiger partial charge in [0.2, 0.25) is 0 Å². The van der Waals surface area contributed by atoms with Gasteiger partial charge in [-0.15, -0.1) is 0 Å². The van der Waals surface area contributed by atoms with Crippen molar-refractivity contribution in [2.45, 2.75) is 32.1 Å². The molecule has 3 rings (SSSR count). The maximum Gasteiger partial charge on any atom is 0.125 e. The van der Waals surface area contributed by atoms with E-state index in [1.807, 2.05) is 6.07 Å². The first kappa shape index (κ1) is 9.76. The largest absolute Gasteiger partial charge is 0.252 e. The van der Waals surface area contributed by atoms with Crippen molar-refractivity contribution in [3.8, 4) is 0 Å². The smallest absolute Gasteiger partial charge is 0.125 e. The van der Waals surface area contributed by atoms with Crippen molar-refractivity contribution in [1.29, 1.82) is 0 Å². The Hall–Kier alpha value is -1.44. The van der Waals surface area contributed by atoms with Crippen molar-refractivity contribution >= 4 is 10.9 Å². The monoisotopic (exact) mass is 215 g/mol. The maximum atomic E-state index is 13.2. The van der Waals surface area contributed by atoms with Crippen LogP contribution in [0.15, 0.2) is 24.3 Å². The van der Waals surface area contributed by atoms with Gasteiger partial charge in [0.1, 0.15) is 5.82 Å². The minimum Gasteiger partial charge on any atom is -0.252 e. The van der Waals surface area contributed by atoms with Crippen LogP contribution in [0.1, 0.15) is 36.4 Å². The Balaban J connectivity index is 2.18. The van der Waals surface area contributed by atoms with Crippen LogP contribution in [0, 0.1) is 12.7 Å². The van der Waals surface area contributed by atoms with Crippen LogP contribution >= 0.6 is 0 Å². The van der Waals surface area contributed by atoms with Crippen LogP contribution in [-0.2, 0) is 0 Å². The summed E-state index contributed by atoms with van der Waals surface area (Å²) in [4.78, 5) is 4.58. The van der Waals surface area contributed by atoms with Crippen LogP contribution in [0.2, 0.25) is 0 Å². The molecule has 1 aromatic carbocycles. The molecule has 82 valence electrons. The normalized spacial score (nSPS) is 16.4. The van der Waals surface area contributed by atoms with Gasteiger partial charge < -0.3 is 0 Å². The van der Waals surface area contributed by atoms with E-state index < -0.39 is 0 Å². The Kier molecular flexibility index (Phi) is 2.16. The summed E-state index contributed by atoms with van der Waals surface area (Å²) in [5.41, 5.74) is 3.13. The summed E-state index contributed by atoms with van der Waals surface area (Å²) in [6.45, 7) is 2.07. The fraction of sp³-hybridized carbons (Fsp3) is 0.357. The lowest BCUT2D eigenvalue weighted by molar-refractivity contribution is 0.412. The molecule has 2 aromatic rings. The molecule has 1 saturated carbocycles. The van der Waals surface area contributed by atoms with E-state index in [4.69, 9.17) is 0 Å². The van der Waals surface area contributed by atoms with Crippen molar-refractivity contribution in [3.63, 3.8) is 0 Å². The van der Waals surface area contributed by atoms with Crippen LogP contribution in [0.25, 0.3) is 10.9 Å². The van der Waals surface area contributed by atoms with Gasteiger partial charge in [-0.25, -0.2) is 4.39 Å². The highest BCUT2D eigenvalue weighted by Crippen LogP contribution is 2.36. The number of halogens is 1. The van der Waals surface area contributed by atoms with Gasteiger partial charge in [0.05, 0.1) is 5.52 Å². The third-order valence-corrected chi connectivity index (χ3v) is 3.52. The van der Waals surface area contributed by atoms with E-state index in [0.717, 1.165) is 16.6 Å². The molecular formula is C14H14FN. The van der Waals surface area contributed by atoms with Crippen LogP contribution < -0.4 is 0 Å². The summed E-state index contributed by atoms with van der Waals surface area (Å²) < 4.78 is 13.2. The third kappa shape index (κ3) is 1.49. The minimum absolute atomic E-state index is 0.204. The first-order valence-corrected chi connectivity index (χ1v) is 5.81. The van der Waals surface area contributed by atoms with E-state index >= 15 is 0 Å². The zero-order valence-electron chi connectivity index (χ0n) is 9.33. The topological polar surface area (TPSA) is 12.9 Å². The Morgan fingerprint density at radius 3 is 2.75 bits per heavy atom. The van der Waals surface area contributed by atoms with E-state index in [-0.39, 0.29) is 5.82 Å². The van der Waals surface area contributed by atoms with Gasteiger partial charge in [-0.1, -0.05) is 6.42 Å². The number of hydrogen-bond acceptors (Lipinski definition) is 1. The van der Waals surface area contributed by atoms with Crippen molar-refractivity contribution in [2.24, 2.45) is 0 Å². The quantitative estimate of drug-likeness (QED) is 0.702. The van der Waals surface area contributed by atoms with E-state index in [9.17, 15) is 4.39 Å². The molecule has 1 heterocycles. The second-order valence-corrected chi connectivity index (χ2v) is 4.65. The highest BCUT2D eigenvalue weighted by molar-refractivity contribution is 5.82. The van der Waals surface area contributed by atoms with Gasteiger partial charge in [-0.2, -0.15) is 0 Å². The molecule has 0 unspecified atom stereocenters. The Morgan fingerprint density at radius 2 is 2.06 bits per heavy atom. The first-order valence-electron chi connectivity index (χ1n) is 5.81. The first-order chi connectivity index (χ1) is 7.74. The lowest BCUT2D eigenvalue weighted by atomic mass is 9.82. The van der Waals surface area contributed by atoms with E-state index in [0.29, 0.717) is 5.92 Å². The van der Waals surface area contributed by atoms with E-state index in [2.05, 4.69) is 18.0 Å². The zero-order valence-corrected chi connectivity index (χ0v) is 9.33. The van der Waals surface area contributed by atoms with Gasteiger partial charge in [0.15, 0.2) is 0 Å². The number of aryl methyl sites for hydroxylation is 1. The fourth-order valence-corrected chi connectivity index (χ4v) is 2.31. The second kappa shape index (κ2) is 3.55. The minimum atomic E-state index is -0.204. The fourth-order valence-electron chi connectivity index (χ4n) is 2.31. The Morgan fingerprint density at radius 1 is 1.25 bits per heavy atom. The van der Waals surface area contributed by atoms with Crippen LogP contribution in [0.5, 0.6) is 0 Å². The summed E-state index contributed by atoms with van der Waals surface area (Å²) >= 11 is 0. The lowest BCUT2D eigenvalue weighted by Crippen LogP contribution is -2.10. The molecule has 0 bridgehead atoms. The highest BCUT2D eigenvalue weighted by Gasteiger charge is 2.21. The molecule has 0 spiro atoms. The Labute approximate surface area is 94.3 Å². The summed E-state index contributed by atoms with van der Waals surface area (Å²) in [5, 5.41) is 1.06. The molecule has 1 fully saturated rings. The van der Waals surface area contributed by atoms with Gasteiger partial charge >= 0.3 is 0 Å². The molecule has 0 atom stereocenters. The number of rotatable bonds is 1. The number of pyridine rings is 1. The average molecular weight is 215 g/mol. The molecular weight excluding hydrogens is 201 g/mol. The molecule has 1 nitrogen and oxygen atoms in total. The lowest BCUT2D eigenvalue weighted by Gasteiger charge is -2.25. The number of aromatic nitrogens is 1. The number of nitrogens with zero attached hydrogens (tertiary/aromatic N) is 1. The molecule has 0 aliphatic heterocycles. The van der Waals surface area contributed by atoms with Gasteiger partial charge in [0, 0.05) is 23.1 Å². The summed E-state index contributed by atoms with van der Waals surface area (Å²) in [7, 11) is 0. The summed E-state index contributed by atoms with van der Waals surface area (Å²) in [6, 6.07) is 7.01. The predicted molar refractivity (Wildman–Crippen MR) is 63.0 cm³/mol. The van der Waals surface area contributed by atoms with Crippen molar-refractivity contribution in [2.75, 3.05) is 0 Å². The molecule has 0 amide bonds. The predicted octanol–water partition coefficient (Wildman–Crippen LogP) is 3.95. The molecule has 2 heteroatoms. The third-order valence-electron chi connectivity index (χ3n) is 3.52. The second-order valence-electron chi connectivity index (χ2n) is 4.65. The average Bonchev–Trinajstić information content (AvgIpc) is 2.13. The molecule has 0 radical (unpaired) electrons. The van der Waals surface area contributed by atoms with Gasteiger partial charge in [0.25, 0.3) is 0 Å². The number of benzene rings is 1. The van der Waals surface area contributed by atoms with Crippen LogP contribution in [0.4, 0.5) is 4.39 Å². The molecule has 1 aliphatic carbocycles. The van der Waals surface area contributed by atoms with Crippen LogP contribution in [0.3, 0.4) is 0 Å². The molecule has 1 aromatic heterocycles. The van der Waals surface area contributed by atoms with Crippen molar-refractivity contribution in [1.82, 2.24) is 4.98 Å². The molecule has 0 N–H and O–H groups in total. The van der Waals surface area contributed by atoms with Crippen molar-refractivity contribution in [3.05, 3.63) is 41.3 Å². The molecule has 16 heavy (non-hydrogen) atoms. The SMILES string of the molecule is Cc1cc(C2CCC2)nc2cc(F)ccc12. The highest BCUT2D eigenvalue weighted by atomic mass is 19.1. The molecule has 1 aliphatic rings. The zero-order chi connectivity index (χ0) is 11.1. The summed E-state index contributed by atoms with van der Waals surface area (Å²) in [6.07, 6.45) is 3.76. The van der Waals surface area contributed by atoms with Crippen LogP contribution in [-0.4, -0.2) is 4.98 Å².